The van der Waals surface area contributed by atoms with Crippen molar-refractivity contribution in [3.05, 3.63) is 95.5 Å². The highest BCUT2D eigenvalue weighted by Crippen LogP contribution is 2.40. The van der Waals surface area contributed by atoms with Crippen molar-refractivity contribution in [2.75, 3.05) is 29.9 Å². The van der Waals surface area contributed by atoms with E-state index in [0.29, 0.717) is 6.54 Å². The van der Waals surface area contributed by atoms with E-state index < -0.39 is 40.2 Å². The molecule has 3 heterocycles. The minimum atomic E-state index is -4.85. The van der Waals surface area contributed by atoms with Gasteiger partial charge in [0.25, 0.3) is 0 Å². The molecule has 226 valence electrons. The standard InChI is InChI=1S/C30H30F3N5O3S2/c1-34-43(40,23-14-12-22(13-15-23)41-30(31,32)33)36-24-18-37(29-35-16-17-42-29)19-27(28(24)39)38-25-8-4-2-6-20(25)10-11-21-7-3-5-9-26(21)38/h2-9,12-17,24,27-28,39H,10-11,18-19H2,1H3,(H,34,36,40). The molecule has 2 N–H and O–H groups in total. The van der Waals surface area contributed by atoms with Gasteiger partial charge >= 0.3 is 6.36 Å². The molecular formula is C30H30F3N5O3S2. The Labute approximate surface area is 252 Å². The van der Waals surface area contributed by atoms with Gasteiger partial charge in [0, 0.05) is 43.1 Å². The first-order valence-electron chi connectivity index (χ1n) is 13.7. The first kappa shape index (κ1) is 29.4. The van der Waals surface area contributed by atoms with Crippen LogP contribution >= 0.6 is 11.3 Å². The molecule has 0 bridgehead atoms. The van der Waals surface area contributed by atoms with E-state index in [9.17, 15) is 22.5 Å². The number of nitrogens with one attached hydrogen (secondary N) is 1. The van der Waals surface area contributed by atoms with E-state index in [1.165, 1.54) is 30.5 Å². The summed E-state index contributed by atoms with van der Waals surface area (Å²) in [5.74, 6) is -0.430. The van der Waals surface area contributed by atoms with Crippen molar-refractivity contribution in [2.45, 2.75) is 42.3 Å². The summed E-state index contributed by atoms with van der Waals surface area (Å²) in [5.41, 5.74) is 4.32. The Kier molecular flexibility index (Phi) is 8.07. The Morgan fingerprint density at radius 3 is 2.19 bits per heavy atom. The number of alkyl halides is 3. The van der Waals surface area contributed by atoms with Crippen LogP contribution in [-0.4, -0.2) is 59.0 Å². The monoisotopic (exact) mass is 629 g/mol. The lowest BCUT2D eigenvalue weighted by atomic mass is 9.94. The van der Waals surface area contributed by atoms with Crippen LogP contribution in [0, 0.1) is 0 Å². The van der Waals surface area contributed by atoms with E-state index in [4.69, 9.17) is 0 Å². The van der Waals surface area contributed by atoms with Crippen LogP contribution in [0.2, 0.25) is 0 Å². The Hall–Kier alpha value is -3.65. The molecule has 1 fully saturated rings. The molecule has 0 radical (unpaired) electrons. The zero-order valence-corrected chi connectivity index (χ0v) is 24.8. The number of piperidine rings is 1. The smallest absolute Gasteiger partial charge is 0.406 e. The SMILES string of the molecule is CN=S(=O)(NC1CN(c2nccs2)CC(N2c3ccccc3CCc3ccccc32)C1O)c1ccc(OC(F)(F)F)cc1. The second-order valence-electron chi connectivity index (χ2n) is 10.4. The number of halogens is 3. The van der Waals surface area contributed by atoms with Gasteiger partial charge in [-0.1, -0.05) is 36.4 Å². The molecule has 43 heavy (non-hydrogen) atoms. The summed E-state index contributed by atoms with van der Waals surface area (Å²) in [6.07, 6.45) is -2.44. The number of aryl methyl sites for hydroxylation is 2. The van der Waals surface area contributed by atoms with Gasteiger partial charge in [-0.25, -0.2) is 18.3 Å². The second-order valence-corrected chi connectivity index (χ2v) is 13.4. The molecule has 1 aromatic heterocycles. The summed E-state index contributed by atoms with van der Waals surface area (Å²) in [4.78, 5) is 8.93. The maximum absolute atomic E-state index is 14.2. The molecule has 3 aromatic carbocycles. The van der Waals surface area contributed by atoms with Crippen molar-refractivity contribution in [3.8, 4) is 5.75 Å². The Bertz CT molecular complexity index is 1640. The summed E-state index contributed by atoms with van der Waals surface area (Å²) < 4.78 is 63.5. The number of rotatable bonds is 6. The van der Waals surface area contributed by atoms with Gasteiger partial charge in [-0.3, -0.25) is 0 Å². The first-order chi connectivity index (χ1) is 20.6. The lowest BCUT2D eigenvalue weighted by Crippen LogP contribution is -2.65. The van der Waals surface area contributed by atoms with Gasteiger partial charge < -0.3 is 19.6 Å². The van der Waals surface area contributed by atoms with Crippen molar-refractivity contribution in [3.63, 3.8) is 0 Å². The number of hydrogen-bond acceptors (Lipinski definition) is 8. The number of aliphatic hydroxyl groups is 1. The summed E-state index contributed by atoms with van der Waals surface area (Å²) in [7, 11) is -1.98. The average Bonchev–Trinajstić information content (AvgIpc) is 3.48. The quantitative estimate of drug-likeness (QED) is 0.291. The third-order valence-electron chi connectivity index (χ3n) is 7.76. The van der Waals surface area contributed by atoms with Gasteiger partial charge in [0.05, 0.1) is 23.1 Å². The predicted molar refractivity (Wildman–Crippen MR) is 161 cm³/mol. The maximum Gasteiger partial charge on any atom is 0.573 e. The molecule has 0 saturated carbocycles. The van der Waals surface area contributed by atoms with E-state index in [1.807, 2.05) is 29.6 Å². The van der Waals surface area contributed by atoms with Crippen molar-refractivity contribution >= 4 is 37.8 Å². The van der Waals surface area contributed by atoms with Crippen LogP contribution < -0.4 is 19.3 Å². The van der Waals surface area contributed by atoms with E-state index in [1.54, 1.807) is 6.20 Å². The fraction of sp³-hybridized carbons (Fsp3) is 0.300. The van der Waals surface area contributed by atoms with Crippen molar-refractivity contribution in [1.29, 1.82) is 0 Å². The number of aromatic nitrogens is 1. The zero-order valence-electron chi connectivity index (χ0n) is 23.1. The molecule has 13 heteroatoms. The maximum atomic E-state index is 14.2. The number of para-hydroxylation sites is 2. The molecule has 0 amide bonds. The molecule has 0 spiro atoms. The van der Waals surface area contributed by atoms with Crippen LogP contribution in [-0.2, 0) is 22.8 Å². The van der Waals surface area contributed by atoms with Crippen LogP contribution in [0.3, 0.4) is 0 Å². The summed E-state index contributed by atoms with van der Waals surface area (Å²) in [6, 6.07) is 19.9. The largest absolute Gasteiger partial charge is 0.573 e. The number of nitrogens with zero attached hydrogens (tertiary/aromatic N) is 4. The Morgan fingerprint density at radius 2 is 1.63 bits per heavy atom. The average molecular weight is 630 g/mol. The van der Waals surface area contributed by atoms with Crippen LogP contribution in [0.1, 0.15) is 11.1 Å². The van der Waals surface area contributed by atoms with Crippen LogP contribution in [0.25, 0.3) is 0 Å². The number of hydrogen-bond donors (Lipinski definition) is 2. The molecular weight excluding hydrogens is 599 g/mol. The van der Waals surface area contributed by atoms with Crippen LogP contribution in [0.4, 0.5) is 29.7 Å². The molecule has 0 aliphatic carbocycles. The van der Waals surface area contributed by atoms with Crippen LogP contribution in [0.15, 0.2) is 93.6 Å². The lowest BCUT2D eigenvalue weighted by molar-refractivity contribution is -0.274. The molecule has 4 unspecified atom stereocenters. The number of aliphatic hydroxyl groups excluding tert-OH is 1. The highest BCUT2D eigenvalue weighted by atomic mass is 32.2. The Balaban J connectivity index is 1.39. The molecule has 1 saturated heterocycles. The normalized spacial score (nSPS) is 21.7. The topological polar surface area (TPSA) is 90.3 Å². The summed E-state index contributed by atoms with van der Waals surface area (Å²) in [6.45, 7) is 0.730. The van der Waals surface area contributed by atoms with Gasteiger partial charge in [-0.05, 0) is 60.4 Å². The minimum Gasteiger partial charge on any atom is -0.406 e. The first-order valence-corrected chi connectivity index (χ1v) is 16.1. The van der Waals surface area contributed by atoms with Crippen LogP contribution in [0.5, 0.6) is 5.75 Å². The van der Waals surface area contributed by atoms with E-state index in [2.05, 4.69) is 52.9 Å². The Morgan fingerprint density at radius 1 is 1.00 bits per heavy atom. The van der Waals surface area contributed by atoms with E-state index in [-0.39, 0.29) is 11.4 Å². The van der Waals surface area contributed by atoms with Crippen molar-refractivity contribution in [2.24, 2.45) is 4.36 Å². The number of benzene rings is 3. The fourth-order valence-electron chi connectivity index (χ4n) is 5.82. The highest BCUT2D eigenvalue weighted by molar-refractivity contribution is 7.91. The minimum absolute atomic E-state index is 0.171. The van der Waals surface area contributed by atoms with Gasteiger partial charge in [-0.2, -0.15) is 0 Å². The number of fused-ring (bicyclic) bond motifs is 2. The van der Waals surface area contributed by atoms with E-state index >= 15 is 0 Å². The molecule has 8 nitrogen and oxygen atoms in total. The molecule has 2 aliphatic rings. The fourth-order valence-corrected chi connectivity index (χ4v) is 8.06. The number of thiazole rings is 1. The molecule has 2 aliphatic heterocycles. The number of anilines is 3. The van der Waals surface area contributed by atoms with Gasteiger partial charge in [0.2, 0.25) is 0 Å². The third-order valence-corrected chi connectivity index (χ3v) is 10.6. The second kappa shape index (κ2) is 11.8. The van der Waals surface area contributed by atoms with Gasteiger partial charge in [0.15, 0.2) is 5.13 Å². The van der Waals surface area contributed by atoms with E-state index in [0.717, 1.165) is 52.6 Å². The molecule has 4 atom stereocenters. The lowest BCUT2D eigenvalue weighted by Gasteiger charge is -2.47. The van der Waals surface area contributed by atoms with Gasteiger partial charge in [-0.15, -0.1) is 24.5 Å². The van der Waals surface area contributed by atoms with Gasteiger partial charge in [0.1, 0.15) is 15.7 Å². The number of ether oxygens (including phenoxy) is 1. The molecule has 6 rings (SSSR count). The van der Waals surface area contributed by atoms with Crippen molar-refractivity contribution in [1.82, 2.24) is 9.71 Å². The van der Waals surface area contributed by atoms with Crippen molar-refractivity contribution < 1.29 is 27.2 Å². The highest BCUT2D eigenvalue weighted by Gasteiger charge is 2.43. The third kappa shape index (κ3) is 6.07. The summed E-state index contributed by atoms with van der Waals surface area (Å²) >= 11 is 1.47. The predicted octanol–water partition coefficient (Wildman–Crippen LogP) is 5.56. The zero-order chi connectivity index (χ0) is 30.2. The molecule has 4 aromatic rings. The summed E-state index contributed by atoms with van der Waals surface area (Å²) in [5, 5.41) is 14.7.